The minimum Gasteiger partial charge on any atom is -0.490 e. The molecule has 3 atom stereocenters. The van der Waals surface area contributed by atoms with Gasteiger partial charge in [-0.15, -0.1) is 0 Å². The van der Waals surface area contributed by atoms with Crippen molar-refractivity contribution in [3.63, 3.8) is 0 Å². The van der Waals surface area contributed by atoms with Crippen molar-refractivity contribution < 1.29 is 60.1 Å². The summed E-state index contributed by atoms with van der Waals surface area (Å²) in [6.45, 7) is 10.6. The van der Waals surface area contributed by atoms with Gasteiger partial charge in [-0.1, -0.05) is 6.07 Å². The zero-order valence-electron chi connectivity index (χ0n) is 34.0. The molecular weight excluding hydrogens is 812 g/mol. The van der Waals surface area contributed by atoms with Gasteiger partial charge in [-0.05, 0) is 112 Å². The van der Waals surface area contributed by atoms with Crippen LogP contribution in [0.5, 0.6) is 11.5 Å². The highest BCUT2D eigenvalue weighted by Crippen LogP contribution is 2.44. The average molecular weight is 860 g/mol. The van der Waals surface area contributed by atoms with Crippen LogP contribution in [0, 0.1) is 5.92 Å². The normalized spacial score (nSPS) is 15.8. The van der Waals surface area contributed by atoms with Crippen molar-refractivity contribution in [2.45, 2.75) is 82.5 Å². The molecule has 2 unspecified atom stereocenters. The van der Waals surface area contributed by atoms with Crippen LogP contribution in [0.4, 0.5) is 30.4 Å². The SMILES string of the molecule is CCOc1cc(C(Nc2ccc3c(N)nccc3c2)C(=O)N2CC[C@@H](C(=O)OC)C2c2cc(NC(C)=O)ccc2S(=O)(=O)C(C)C)ccc1OC(C)C.O=C(O)C(F)(F)F. The number of ether oxygens (including phenoxy) is 3. The van der Waals surface area contributed by atoms with Gasteiger partial charge in [-0.2, -0.15) is 13.2 Å². The number of nitrogens with zero attached hydrogens (tertiary/aromatic N) is 2. The summed E-state index contributed by atoms with van der Waals surface area (Å²) in [5.41, 5.74) is 7.77. The fourth-order valence-corrected chi connectivity index (χ4v) is 7.90. The van der Waals surface area contributed by atoms with Gasteiger partial charge in [0.05, 0.1) is 41.9 Å². The van der Waals surface area contributed by atoms with Crippen LogP contribution in [-0.2, 0) is 33.8 Å². The Hall–Kier alpha value is -6.11. The molecule has 1 aliphatic rings. The Morgan fingerprint density at radius 3 is 2.23 bits per heavy atom. The molecule has 15 nitrogen and oxygen atoms in total. The van der Waals surface area contributed by atoms with E-state index in [-0.39, 0.29) is 35.4 Å². The molecule has 60 heavy (non-hydrogen) atoms. The summed E-state index contributed by atoms with van der Waals surface area (Å²) >= 11 is 0. The number of sulfone groups is 1. The van der Waals surface area contributed by atoms with Gasteiger partial charge in [-0.3, -0.25) is 14.4 Å². The third kappa shape index (κ3) is 10.9. The number of anilines is 3. The summed E-state index contributed by atoms with van der Waals surface area (Å²) in [6, 6.07) is 14.9. The number of hydrogen-bond donors (Lipinski definition) is 4. The smallest absolute Gasteiger partial charge is 0.490 e. The lowest BCUT2D eigenvalue weighted by Gasteiger charge is -2.33. The van der Waals surface area contributed by atoms with Gasteiger partial charge in [-0.25, -0.2) is 18.2 Å². The number of rotatable bonds is 13. The molecule has 2 heterocycles. The van der Waals surface area contributed by atoms with Gasteiger partial charge in [0.1, 0.15) is 11.9 Å². The number of methoxy groups -OCH3 is 1. The number of alkyl halides is 3. The summed E-state index contributed by atoms with van der Waals surface area (Å²) in [7, 11) is -2.68. The van der Waals surface area contributed by atoms with Gasteiger partial charge in [0.2, 0.25) is 11.8 Å². The third-order valence-corrected chi connectivity index (χ3v) is 11.5. The van der Waals surface area contributed by atoms with E-state index in [1.807, 2.05) is 39.0 Å². The molecule has 5 N–H and O–H groups in total. The molecule has 1 fully saturated rings. The van der Waals surface area contributed by atoms with E-state index < -0.39 is 57.1 Å². The molecule has 5 rings (SSSR count). The fraction of sp³-hybridized carbons (Fsp3) is 0.390. The third-order valence-electron chi connectivity index (χ3n) is 9.32. The van der Waals surface area contributed by atoms with Gasteiger partial charge in [0.25, 0.3) is 0 Å². The standard InChI is InChI=1S/C39H47N5O8S.C2HF3O2/c1-8-51-33-20-26(9-13-32(33)52-22(2)3)35(43-27-10-12-29-25(19-27)15-17-41-37(29)40)38(46)44-18-16-30(39(47)50-7)36(44)31-21-28(42-24(6)45)11-14-34(31)53(48,49)23(4)5;3-2(4,5)1(6)7/h9-15,17,19-23,30,35-36,43H,8,16,18H2,1-7H3,(H2,40,41)(H,42,45);(H,6,7)/t30-,35?,36?;/m1./s1. The zero-order valence-corrected chi connectivity index (χ0v) is 34.8. The van der Waals surface area contributed by atoms with Crippen molar-refractivity contribution in [1.29, 1.82) is 0 Å². The van der Waals surface area contributed by atoms with E-state index in [1.54, 1.807) is 44.3 Å². The molecule has 0 saturated carbocycles. The van der Waals surface area contributed by atoms with Crippen molar-refractivity contribution in [1.82, 2.24) is 9.88 Å². The highest BCUT2D eigenvalue weighted by Gasteiger charge is 2.47. The van der Waals surface area contributed by atoms with Crippen LogP contribution in [-0.4, -0.2) is 85.0 Å². The lowest BCUT2D eigenvalue weighted by atomic mass is 9.92. The lowest BCUT2D eigenvalue weighted by Crippen LogP contribution is -2.40. The number of nitrogen functional groups attached to an aromatic ring is 1. The van der Waals surface area contributed by atoms with Gasteiger partial charge >= 0.3 is 18.1 Å². The first-order valence-electron chi connectivity index (χ1n) is 18.8. The Kier molecular flexibility index (Phi) is 15.0. The molecule has 1 aromatic heterocycles. The van der Waals surface area contributed by atoms with Crippen molar-refractivity contribution in [3.8, 4) is 11.5 Å². The van der Waals surface area contributed by atoms with E-state index in [2.05, 4.69) is 15.6 Å². The van der Waals surface area contributed by atoms with Crippen LogP contribution >= 0.6 is 0 Å². The largest absolute Gasteiger partial charge is 0.490 e. The first-order valence-corrected chi connectivity index (χ1v) is 20.3. The molecule has 2 amide bonds. The Balaban J connectivity index is 0.00000104. The molecular formula is C41H48F3N5O10S. The second-order valence-corrected chi connectivity index (χ2v) is 16.7. The Morgan fingerprint density at radius 1 is 0.983 bits per heavy atom. The minimum absolute atomic E-state index is 0.0424. The van der Waals surface area contributed by atoms with Crippen molar-refractivity contribution >= 4 is 61.6 Å². The highest BCUT2D eigenvalue weighted by atomic mass is 32.2. The maximum Gasteiger partial charge on any atom is 0.490 e. The van der Waals surface area contributed by atoms with Crippen LogP contribution < -0.4 is 25.8 Å². The molecule has 19 heteroatoms. The van der Waals surface area contributed by atoms with Crippen LogP contribution in [0.15, 0.2) is 71.8 Å². The number of aromatic nitrogens is 1. The summed E-state index contributed by atoms with van der Waals surface area (Å²) in [4.78, 5) is 55.2. The number of carboxylic acids is 1. The van der Waals surface area contributed by atoms with E-state index in [4.69, 9.17) is 29.8 Å². The maximum absolute atomic E-state index is 15.2. The van der Waals surface area contributed by atoms with E-state index in [0.29, 0.717) is 40.9 Å². The van der Waals surface area contributed by atoms with E-state index in [9.17, 15) is 31.2 Å². The minimum atomic E-state index is -5.08. The Morgan fingerprint density at radius 2 is 1.65 bits per heavy atom. The second kappa shape index (κ2) is 19.3. The molecule has 0 bridgehead atoms. The lowest BCUT2D eigenvalue weighted by molar-refractivity contribution is -0.192. The number of esters is 1. The number of hydrogen-bond acceptors (Lipinski definition) is 12. The van der Waals surface area contributed by atoms with E-state index in [0.717, 1.165) is 10.8 Å². The molecule has 3 aromatic carbocycles. The van der Waals surface area contributed by atoms with Crippen molar-refractivity contribution in [2.24, 2.45) is 5.92 Å². The average Bonchev–Trinajstić information content (AvgIpc) is 3.62. The fourth-order valence-electron chi connectivity index (χ4n) is 6.63. The second-order valence-electron chi connectivity index (χ2n) is 14.2. The van der Waals surface area contributed by atoms with Gasteiger partial charge in [0.15, 0.2) is 21.3 Å². The van der Waals surface area contributed by atoms with Crippen molar-refractivity contribution in [3.05, 3.63) is 78.0 Å². The number of halogens is 3. The number of nitrogens with two attached hydrogens (primary N) is 1. The molecule has 1 saturated heterocycles. The predicted octanol–water partition coefficient (Wildman–Crippen LogP) is 6.69. The van der Waals surface area contributed by atoms with Gasteiger partial charge in [0, 0.05) is 36.4 Å². The van der Waals surface area contributed by atoms with Crippen molar-refractivity contribution in [2.75, 3.05) is 36.6 Å². The number of carbonyl (C=O) groups is 4. The molecule has 324 valence electrons. The number of carbonyl (C=O) groups excluding carboxylic acids is 3. The van der Waals surface area contributed by atoms with Crippen LogP contribution in [0.3, 0.4) is 0 Å². The summed E-state index contributed by atoms with van der Waals surface area (Å²) in [6.07, 6.45) is -3.42. The number of aliphatic carboxylic acids is 1. The Bertz CT molecular complexity index is 2340. The number of nitrogens with one attached hydrogen (secondary N) is 2. The highest BCUT2D eigenvalue weighted by molar-refractivity contribution is 7.92. The molecule has 0 radical (unpaired) electrons. The molecule has 0 aliphatic carbocycles. The first-order chi connectivity index (χ1) is 28.1. The number of pyridine rings is 1. The van der Waals surface area contributed by atoms with E-state index in [1.165, 1.54) is 37.1 Å². The topological polar surface area (TPSA) is 217 Å². The number of carboxylic acid groups (broad SMARTS) is 1. The van der Waals surface area contributed by atoms with Crippen LogP contribution in [0.25, 0.3) is 10.8 Å². The predicted molar refractivity (Wildman–Crippen MR) is 217 cm³/mol. The van der Waals surface area contributed by atoms with Gasteiger partial charge < -0.3 is 40.6 Å². The van der Waals surface area contributed by atoms with E-state index >= 15 is 4.79 Å². The Labute approximate surface area is 345 Å². The quantitative estimate of drug-likeness (QED) is 0.103. The number of fused-ring (bicyclic) bond motifs is 1. The number of amides is 2. The zero-order chi connectivity index (χ0) is 44.7. The monoisotopic (exact) mass is 859 g/mol. The summed E-state index contributed by atoms with van der Waals surface area (Å²) in [5, 5.41) is 14.0. The number of benzene rings is 3. The first kappa shape index (κ1) is 46.6. The molecule has 4 aromatic rings. The summed E-state index contributed by atoms with van der Waals surface area (Å²) < 4.78 is 76.6. The molecule has 0 spiro atoms. The van der Waals surface area contributed by atoms with Crippen LogP contribution in [0.1, 0.15) is 71.2 Å². The number of likely N-dealkylation sites (tertiary alicyclic amines) is 1. The van der Waals surface area contributed by atoms with Crippen LogP contribution in [0.2, 0.25) is 0 Å². The molecule has 1 aliphatic heterocycles. The summed E-state index contributed by atoms with van der Waals surface area (Å²) in [5.74, 6) is -3.75. The maximum atomic E-state index is 15.2.